The summed E-state index contributed by atoms with van der Waals surface area (Å²) in [5.41, 5.74) is 0.631. The average molecular weight is 476 g/mol. The van der Waals surface area contributed by atoms with Crippen LogP contribution < -0.4 is 16.1 Å². The Kier molecular flexibility index (Phi) is 5.61. The van der Waals surface area contributed by atoms with Crippen LogP contribution in [0, 0.1) is 0 Å². The molecule has 0 saturated carbocycles. The average Bonchev–Trinajstić information content (AvgIpc) is 3.04. The minimum absolute atomic E-state index is 0.0272. The molecule has 0 aromatic heterocycles. The summed E-state index contributed by atoms with van der Waals surface area (Å²) in [7, 11) is 0. The van der Waals surface area contributed by atoms with Gasteiger partial charge in [-0.05, 0) is 31.0 Å². The number of benzene rings is 1. The maximum Gasteiger partial charge on any atom is 0.280 e. The van der Waals surface area contributed by atoms with E-state index in [9.17, 15) is 19.2 Å². The van der Waals surface area contributed by atoms with Crippen LogP contribution >= 0.6 is 0 Å². The summed E-state index contributed by atoms with van der Waals surface area (Å²) < 4.78 is 30.3. The third-order valence-corrected chi connectivity index (χ3v) is 7.14. The molecular formula is C22H26F2N6O4. The number of fused-ring (bicyclic) bond motifs is 1. The lowest BCUT2D eigenvalue weighted by atomic mass is 9.97. The van der Waals surface area contributed by atoms with Crippen molar-refractivity contribution in [3.63, 3.8) is 0 Å². The fraction of sp³-hybridized carbons (Fsp3) is 0.545. The van der Waals surface area contributed by atoms with Gasteiger partial charge in [-0.25, -0.2) is 13.8 Å². The number of alkyl halides is 2. The number of hydrogen-bond acceptors (Lipinski definition) is 8. The van der Waals surface area contributed by atoms with Crippen LogP contribution in [0.15, 0.2) is 18.2 Å². The van der Waals surface area contributed by atoms with Gasteiger partial charge in [0, 0.05) is 44.8 Å². The van der Waals surface area contributed by atoms with Gasteiger partial charge in [-0.1, -0.05) is 0 Å². The predicted octanol–water partition coefficient (Wildman–Crippen LogP) is -0.207. The van der Waals surface area contributed by atoms with Crippen LogP contribution in [0.3, 0.4) is 0 Å². The Morgan fingerprint density at radius 2 is 1.65 bits per heavy atom. The van der Waals surface area contributed by atoms with E-state index in [4.69, 9.17) is 5.84 Å². The monoisotopic (exact) mass is 476 g/mol. The number of carbonyl (C=O) groups is 4. The molecule has 0 radical (unpaired) electrons. The Hall–Kier alpha value is -2.96. The molecule has 0 aliphatic carbocycles. The van der Waals surface area contributed by atoms with Gasteiger partial charge >= 0.3 is 0 Å². The van der Waals surface area contributed by atoms with Crippen molar-refractivity contribution < 1.29 is 28.0 Å². The molecule has 3 N–H and O–H groups in total. The maximum absolute atomic E-state index is 15.1. The molecule has 3 saturated heterocycles. The van der Waals surface area contributed by atoms with Crippen molar-refractivity contribution in [2.45, 2.75) is 37.3 Å². The molecule has 2 unspecified atom stereocenters. The van der Waals surface area contributed by atoms with Crippen molar-refractivity contribution in [3.05, 3.63) is 29.3 Å². The Labute approximate surface area is 194 Å². The molecule has 12 heteroatoms. The summed E-state index contributed by atoms with van der Waals surface area (Å²) in [4.78, 5) is 53.7. The van der Waals surface area contributed by atoms with Crippen LogP contribution in [0.5, 0.6) is 0 Å². The molecule has 4 amide bonds. The van der Waals surface area contributed by atoms with Crippen LogP contribution in [0.1, 0.15) is 40.0 Å². The van der Waals surface area contributed by atoms with E-state index in [2.05, 4.69) is 5.32 Å². The number of rotatable bonds is 3. The summed E-state index contributed by atoms with van der Waals surface area (Å²) in [5, 5.41) is 3.78. The van der Waals surface area contributed by atoms with E-state index in [1.807, 2.05) is 0 Å². The third-order valence-electron chi connectivity index (χ3n) is 7.14. The summed E-state index contributed by atoms with van der Waals surface area (Å²) >= 11 is 0. The number of carbonyl (C=O) groups excluding carboxylic acids is 4. The molecule has 3 fully saturated rings. The smallest absolute Gasteiger partial charge is 0.280 e. The van der Waals surface area contributed by atoms with E-state index in [1.54, 1.807) is 16.0 Å². The van der Waals surface area contributed by atoms with E-state index in [-0.39, 0.29) is 30.4 Å². The molecule has 4 heterocycles. The van der Waals surface area contributed by atoms with Crippen molar-refractivity contribution in [1.29, 1.82) is 0 Å². The number of hydrogen-bond donors (Lipinski definition) is 2. The molecule has 1 aromatic rings. The van der Waals surface area contributed by atoms with Crippen molar-refractivity contribution >= 4 is 29.3 Å². The molecule has 4 aliphatic rings. The number of piperazine rings is 1. The molecule has 0 bridgehead atoms. The first-order valence-electron chi connectivity index (χ1n) is 11.4. The van der Waals surface area contributed by atoms with Gasteiger partial charge in [-0.3, -0.25) is 40.1 Å². The lowest BCUT2D eigenvalue weighted by Gasteiger charge is -2.46. The van der Waals surface area contributed by atoms with E-state index in [0.29, 0.717) is 38.4 Å². The van der Waals surface area contributed by atoms with Crippen molar-refractivity contribution in [2.75, 3.05) is 44.2 Å². The number of nitrogens with two attached hydrogens (primary N) is 1. The number of imide groups is 2. The number of amides is 4. The van der Waals surface area contributed by atoms with E-state index in [1.165, 1.54) is 17.0 Å². The second-order valence-electron chi connectivity index (χ2n) is 9.24. The second-order valence-corrected chi connectivity index (χ2v) is 9.24. The Morgan fingerprint density at radius 3 is 2.32 bits per heavy atom. The highest BCUT2D eigenvalue weighted by Crippen LogP contribution is 2.36. The number of nitrogens with one attached hydrogen (secondary N) is 1. The van der Waals surface area contributed by atoms with Crippen LogP contribution in [-0.4, -0.2) is 95.7 Å². The Bertz CT molecular complexity index is 1060. The third kappa shape index (κ3) is 3.85. The van der Waals surface area contributed by atoms with Crippen LogP contribution in [0.25, 0.3) is 0 Å². The molecule has 1 aromatic carbocycles. The zero-order valence-corrected chi connectivity index (χ0v) is 18.5. The van der Waals surface area contributed by atoms with Gasteiger partial charge in [0.05, 0.1) is 23.7 Å². The summed E-state index contributed by atoms with van der Waals surface area (Å²) in [6.07, 6.45) is 0.338. The second kappa shape index (κ2) is 8.36. The first-order chi connectivity index (χ1) is 16.2. The van der Waals surface area contributed by atoms with Crippen LogP contribution in [-0.2, 0) is 9.59 Å². The van der Waals surface area contributed by atoms with Gasteiger partial charge in [0.25, 0.3) is 17.7 Å². The number of halogens is 2. The Balaban J connectivity index is 1.33. The predicted molar refractivity (Wildman–Crippen MR) is 116 cm³/mol. The molecular weight excluding hydrogens is 450 g/mol. The standard InChI is InChI=1S/C22H26F2N6O4/c23-22(24)12-28(6-5-17(22)27-7-9-29(25)10-8-27)13-1-2-14-15(11-13)21(34)30(20(14)33)16-3-4-18(31)26-19(16)32/h1-2,11,16-17H,3-10,12,25H2,(H,26,31,32). The Morgan fingerprint density at radius 1 is 0.941 bits per heavy atom. The van der Waals surface area contributed by atoms with Crippen LogP contribution in [0.4, 0.5) is 14.5 Å². The highest BCUT2D eigenvalue weighted by Gasteiger charge is 2.49. The molecule has 182 valence electrons. The van der Waals surface area contributed by atoms with Gasteiger partial charge in [-0.15, -0.1) is 0 Å². The first-order valence-corrected chi connectivity index (χ1v) is 11.4. The zero-order valence-electron chi connectivity index (χ0n) is 18.5. The molecule has 10 nitrogen and oxygen atoms in total. The number of hydrazine groups is 1. The fourth-order valence-electron chi connectivity index (χ4n) is 5.30. The first kappa shape index (κ1) is 22.8. The SMILES string of the molecule is NN1CCN(C2CCN(c3ccc4c(c3)C(=O)N(C3CCC(=O)NC3=O)C4=O)CC2(F)F)CC1. The lowest BCUT2D eigenvalue weighted by Crippen LogP contribution is -2.62. The number of piperidine rings is 2. The lowest BCUT2D eigenvalue weighted by molar-refractivity contribution is -0.136. The summed E-state index contributed by atoms with van der Waals surface area (Å²) in [5.74, 6) is 0.365. The maximum atomic E-state index is 15.1. The minimum Gasteiger partial charge on any atom is -0.365 e. The van der Waals surface area contributed by atoms with Crippen LogP contribution in [0.2, 0.25) is 0 Å². The van der Waals surface area contributed by atoms with Gasteiger partial charge in [0.2, 0.25) is 11.8 Å². The van der Waals surface area contributed by atoms with Gasteiger partial charge < -0.3 is 4.90 Å². The highest BCUT2D eigenvalue weighted by atomic mass is 19.3. The summed E-state index contributed by atoms with van der Waals surface area (Å²) in [6, 6.07) is 2.51. The van der Waals surface area contributed by atoms with E-state index >= 15 is 8.78 Å². The molecule has 5 rings (SSSR count). The quantitative estimate of drug-likeness (QED) is 0.455. The number of anilines is 1. The van der Waals surface area contributed by atoms with Crippen molar-refractivity contribution in [3.8, 4) is 0 Å². The molecule has 2 atom stereocenters. The minimum atomic E-state index is -2.97. The number of nitrogens with zero attached hydrogens (tertiary/aromatic N) is 4. The summed E-state index contributed by atoms with van der Waals surface area (Å²) in [6.45, 7) is 1.94. The fourth-order valence-corrected chi connectivity index (χ4v) is 5.30. The molecule has 34 heavy (non-hydrogen) atoms. The topological polar surface area (TPSA) is 119 Å². The van der Waals surface area contributed by atoms with Crippen molar-refractivity contribution in [2.24, 2.45) is 5.84 Å². The molecule has 0 spiro atoms. The van der Waals surface area contributed by atoms with E-state index in [0.717, 1.165) is 4.90 Å². The highest BCUT2D eigenvalue weighted by molar-refractivity contribution is 6.23. The van der Waals surface area contributed by atoms with Gasteiger partial charge in [-0.2, -0.15) is 0 Å². The zero-order chi connectivity index (χ0) is 24.2. The normalized spacial score (nSPS) is 28.3. The largest absolute Gasteiger partial charge is 0.365 e. The molecule has 4 aliphatic heterocycles. The van der Waals surface area contributed by atoms with Crippen molar-refractivity contribution in [1.82, 2.24) is 20.1 Å². The van der Waals surface area contributed by atoms with E-state index < -0.39 is 48.2 Å². The van der Waals surface area contributed by atoms with Gasteiger partial charge in [0.1, 0.15) is 6.04 Å². The van der Waals surface area contributed by atoms with Gasteiger partial charge in [0.15, 0.2) is 0 Å².